The van der Waals surface area contributed by atoms with Crippen molar-refractivity contribution in [3.8, 4) is 0 Å². The Labute approximate surface area is 190 Å². The van der Waals surface area contributed by atoms with Crippen molar-refractivity contribution < 1.29 is 4.79 Å². The van der Waals surface area contributed by atoms with Crippen LogP contribution in [0.25, 0.3) is 5.70 Å². The SMILES string of the molecule is Cc1ccc(C(=O)Nc2nc3n(n2)C(c2ccc(Cl)cc2)C=C(c2ccccc2)N3)cc1. The second-order valence-corrected chi connectivity index (χ2v) is 8.03. The summed E-state index contributed by atoms with van der Waals surface area (Å²) in [6.07, 6.45) is 2.09. The number of hydrogen-bond acceptors (Lipinski definition) is 4. The topological polar surface area (TPSA) is 71.8 Å². The average molecular weight is 442 g/mol. The molecule has 0 bridgehead atoms. The van der Waals surface area contributed by atoms with Crippen LogP contribution >= 0.6 is 11.6 Å². The lowest BCUT2D eigenvalue weighted by Gasteiger charge is -2.24. The number of aromatic nitrogens is 3. The highest BCUT2D eigenvalue weighted by atomic mass is 35.5. The number of rotatable bonds is 4. The van der Waals surface area contributed by atoms with Crippen LogP contribution in [0.1, 0.15) is 33.1 Å². The van der Waals surface area contributed by atoms with Gasteiger partial charge in [-0.05, 0) is 48.4 Å². The van der Waals surface area contributed by atoms with Crippen molar-refractivity contribution in [3.05, 3.63) is 112 Å². The number of nitrogens with one attached hydrogen (secondary N) is 2. The van der Waals surface area contributed by atoms with E-state index in [0.717, 1.165) is 22.4 Å². The van der Waals surface area contributed by atoms with E-state index in [1.165, 1.54) is 0 Å². The molecule has 0 radical (unpaired) electrons. The Balaban J connectivity index is 1.50. The molecule has 158 valence electrons. The highest BCUT2D eigenvalue weighted by Gasteiger charge is 2.26. The van der Waals surface area contributed by atoms with Crippen molar-refractivity contribution in [1.82, 2.24) is 14.8 Å². The molecule has 7 heteroatoms. The third kappa shape index (κ3) is 4.00. The summed E-state index contributed by atoms with van der Waals surface area (Å²) in [6, 6.07) is 24.8. The molecule has 1 amide bonds. The van der Waals surface area contributed by atoms with Crippen LogP contribution < -0.4 is 10.6 Å². The number of amides is 1. The van der Waals surface area contributed by atoms with Gasteiger partial charge in [0.2, 0.25) is 5.95 Å². The summed E-state index contributed by atoms with van der Waals surface area (Å²) >= 11 is 6.09. The van der Waals surface area contributed by atoms with Gasteiger partial charge in [0.1, 0.15) is 6.04 Å². The number of carbonyl (C=O) groups excluding carboxylic acids is 1. The van der Waals surface area contributed by atoms with Crippen LogP contribution in [0.3, 0.4) is 0 Å². The molecule has 1 aromatic heterocycles. The Kier molecular flexibility index (Phi) is 5.21. The van der Waals surface area contributed by atoms with E-state index < -0.39 is 0 Å². The van der Waals surface area contributed by atoms with E-state index in [1.807, 2.05) is 73.7 Å². The molecule has 0 saturated heterocycles. The third-order valence-corrected chi connectivity index (χ3v) is 5.55. The minimum absolute atomic E-state index is 0.212. The molecule has 1 unspecified atom stereocenters. The Morgan fingerprint density at radius 3 is 2.44 bits per heavy atom. The Bertz CT molecular complexity index is 1290. The number of anilines is 2. The molecule has 1 aliphatic rings. The summed E-state index contributed by atoms with van der Waals surface area (Å²) in [4.78, 5) is 17.2. The fourth-order valence-corrected chi connectivity index (χ4v) is 3.73. The van der Waals surface area contributed by atoms with Gasteiger partial charge in [0, 0.05) is 16.3 Å². The van der Waals surface area contributed by atoms with Gasteiger partial charge in [-0.2, -0.15) is 4.98 Å². The number of benzene rings is 3. The van der Waals surface area contributed by atoms with Crippen molar-refractivity contribution in [3.63, 3.8) is 0 Å². The molecule has 0 spiro atoms. The quantitative estimate of drug-likeness (QED) is 0.435. The van der Waals surface area contributed by atoms with Crippen molar-refractivity contribution in [2.45, 2.75) is 13.0 Å². The summed E-state index contributed by atoms with van der Waals surface area (Å²) in [7, 11) is 0. The fourth-order valence-electron chi connectivity index (χ4n) is 3.61. The van der Waals surface area contributed by atoms with E-state index >= 15 is 0 Å². The Morgan fingerprint density at radius 1 is 1.00 bits per heavy atom. The largest absolute Gasteiger partial charge is 0.324 e. The molecule has 5 rings (SSSR count). The van der Waals surface area contributed by atoms with E-state index in [1.54, 1.807) is 16.8 Å². The van der Waals surface area contributed by atoms with Crippen LogP contribution in [-0.4, -0.2) is 20.7 Å². The third-order valence-electron chi connectivity index (χ3n) is 5.30. The minimum atomic E-state index is -0.257. The average Bonchev–Trinajstić information content (AvgIpc) is 3.22. The summed E-state index contributed by atoms with van der Waals surface area (Å²) in [5.74, 6) is 0.525. The van der Waals surface area contributed by atoms with Gasteiger partial charge in [-0.3, -0.25) is 10.1 Å². The Hall–Kier alpha value is -3.90. The molecule has 2 N–H and O–H groups in total. The maximum absolute atomic E-state index is 12.7. The monoisotopic (exact) mass is 441 g/mol. The fraction of sp³-hybridized carbons (Fsp3) is 0.0800. The zero-order valence-electron chi connectivity index (χ0n) is 17.3. The van der Waals surface area contributed by atoms with Gasteiger partial charge in [-0.15, -0.1) is 5.10 Å². The number of allylic oxidation sites excluding steroid dienone is 1. The predicted octanol–water partition coefficient (Wildman–Crippen LogP) is 5.55. The standard InChI is InChI=1S/C25H20ClN5O/c1-16-7-9-19(10-8-16)23(32)28-24-29-25-27-21(17-5-3-2-4-6-17)15-22(31(25)30-24)18-11-13-20(26)14-12-18/h2-15,22H,1H3,(H2,27,28,29,30,32). The molecule has 6 nitrogen and oxygen atoms in total. The number of aryl methyl sites for hydroxylation is 1. The lowest BCUT2D eigenvalue weighted by molar-refractivity contribution is 0.102. The maximum Gasteiger partial charge on any atom is 0.258 e. The van der Waals surface area contributed by atoms with Crippen molar-refractivity contribution in [2.24, 2.45) is 0 Å². The van der Waals surface area contributed by atoms with E-state index in [4.69, 9.17) is 11.6 Å². The molecule has 1 aliphatic heterocycles. The zero-order valence-corrected chi connectivity index (χ0v) is 18.0. The van der Waals surface area contributed by atoms with Crippen molar-refractivity contribution >= 4 is 35.1 Å². The van der Waals surface area contributed by atoms with Crippen LogP contribution in [0.5, 0.6) is 0 Å². The molecule has 3 aromatic carbocycles. The summed E-state index contributed by atoms with van der Waals surface area (Å²) in [5.41, 5.74) is 4.60. The maximum atomic E-state index is 12.7. The summed E-state index contributed by atoms with van der Waals surface area (Å²) in [5, 5.41) is 11.4. The van der Waals surface area contributed by atoms with Gasteiger partial charge < -0.3 is 5.32 Å². The van der Waals surface area contributed by atoms with Gasteiger partial charge >= 0.3 is 0 Å². The summed E-state index contributed by atoms with van der Waals surface area (Å²) in [6.45, 7) is 1.98. The number of hydrogen-bond donors (Lipinski definition) is 2. The lowest BCUT2D eigenvalue weighted by Crippen LogP contribution is -2.20. The molecule has 2 heterocycles. The second-order valence-electron chi connectivity index (χ2n) is 7.59. The van der Waals surface area contributed by atoms with Crippen LogP contribution in [0, 0.1) is 6.92 Å². The lowest BCUT2D eigenvalue weighted by atomic mass is 10.0. The zero-order chi connectivity index (χ0) is 22.1. The van der Waals surface area contributed by atoms with Gasteiger partial charge in [0.05, 0.1) is 0 Å². The second kappa shape index (κ2) is 8.32. The van der Waals surface area contributed by atoms with E-state index in [2.05, 4.69) is 26.8 Å². The first kappa shape index (κ1) is 20.0. The van der Waals surface area contributed by atoms with Gasteiger partial charge in [0.25, 0.3) is 11.9 Å². The highest BCUT2D eigenvalue weighted by Crippen LogP contribution is 2.33. The van der Waals surface area contributed by atoms with Crippen molar-refractivity contribution in [1.29, 1.82) is 0 Å². The number of nitrogens with zero attached hydrogens (tertiary/aromatic N) is 3. The first-order valence-electron chi connectivity index (χ1n) is 10.2. The van der Waals surface area contributed by atoms with Crippen LogP contribution in [0.2, 0.25) is 5.02 Å². The van der Waals surface area contributed by atoms with Crippen LogP contribution in [0.4, 0.5) is 11.9 Å². The first-order chi connectivity index (χ1) is 15.6. The van der Waals surface area contributed by atoms with Crippen LogP contribution in [-0.2, 0) is 0 Å². The summed E-state index contributed by atoms with van der Waals surface area (Å²) < 4.78 is 1.76. The molecule has 0 fully saturated rings. The molecule has 0 aliphatic carbocycles. The highest BCUT2D eigenvalue weighted by molar-refractivity contribution is 6.30. The van der Waals surface area contributed by atoms with Gasteiger partial charge in [-0.25, -0.2) is 4.68 Å². The van der Waals surface area contributed by atoms with Gasteiger partial charge in [0.15, 0.2) is 0 Å². The molecule has 32 heavy (non-hydrogen) atoms. The molecular weight excluding hydrogens is 422 g/mol. The van der Waals surface area contributed by atoms with Crippen LogP contribution in [0.15, 0.2) is 84.9 Å². The van der Waals surface area contributed by atoms with E-state index in [9.17, 15) is 4.79 Å². The molecule has 1 atom stereocenters. The Morgan fingerprint density at radius 2 is 1.72 bits per heavy atom. The van der Waals surface area contributed by atoms with E-state index in [-0.39, 0.29) is 17.9 Å². The number of fused-ring (bicyclic) bond motifs is 1. The van der Waals surface area contributed by atoms with Gasteiger partial charge in [-0.1, -0.05) is 71.8 Å². The predicted molar refractivity (Wildman–Crippen MR) is 127 cm³/mol. The van der Waals surface area contributed by atoms with E-state index in [0.29, 0.717) is 16.5 Å². The number of halogens is 1. The normalized spacial score (nSPS) is 14.8. The molecular formula is C25H20ClN5O. The number of carbonyl (C=O) groups is 1. The smallest absolute Gasteiger partial charge is 0.258 e. The molecule has 4 aromatic rings. The minimum Gasteiger partial charge on any atom is -0.324 e. The first-order valence-corrected chi connectivity index (χ1v) is 10.6. The van der Waals surface area contributed by atoms with Crippen molar-refractivity contribution in [2.75, 3.05) is 10.6 Å². The molecule has 0 saturated carbocycles.